The first kappa shape index (κ1) is 25.4. The highest BCUT2D eigenvalue weighted by Crippen LogP contribution is 2.28. The number of nitrogens with one attached hydrogen (secondary N) is 3. The second-order valence-corrected chi connectivity index (χ2v) is 8.83. The monoisotopic (exact) mass is 458 g/mol. The molecule has 2 aliphatic heterocycles. The highest BCUT2D eigenvalue weighted by molar-refractivity contribution is 5.87. The Balaban J connectivity index is 0.00000341. The summed E-state index contributed by atoms with van der Waals surface area (Å²) in [7, 11) is 0. The van der Waals surface area contributed by atoms with Crippen molar-refractivity contribution in [2.45, 2.75) is 57.4 Å². The van der Waals surface area contributed by atoms with E-state index in [2.05, 4.69) is 16.0 Å². The van der Waals surface area contributed by atoms with Gasteiger partial charge in [0.05, 0.1) is 5.92 Å². The number of likely N-dealkylation sites (tertiary alicyclic amines) is 1. The minimum Gasteiger partial charge on any atom is -0.480 e. The highest BCUT2D eigenvalue weighted by Gasteiger charge is 2.33. The van der Waals surface area contributed by atoms with Crippen LogP contribution < -0.4 is 16.0 Å². The summed E-state index contributed by atoms with van der Waals surface area (Å²) < 4.78 is 0. The van der Waals surface area contributed by atoms with E-state index < -0.39 is 12.0 Å². The number of carboxylic acid groups (broad SMARTS) is 1. The predicted octanol–water partition coefficient (Wildman–Crippen LogP) is 0.522. The molecule has 0 aromatic heterocycles. The van der Waals surface area contributed by atoms with E-state index in [1.807, 2.05) is 0 Å². The van der Waals surface area contributed by atoms with Crippen LogP contribution >= 0.6 is 12.4 Å². The molecule has 10 heteroatoms. The van der Waals surface area contributed by atoms with Crippen LogP contribution in [0.3, 0.4) is 0 Å². The van der Waals surface area contributed by atoms with E-state index in [9.17, 15) is 24.3 Å². The number of aliphatic carboxylic acids is 1. The summed E-state index contributed by atoms with van der Waals surface area (Å²) in [5.41, 5.74) is 0. The van der Waals surface area contributed by atoms with Gasteiger partial charge in [0.15, 0.2) is 0 Å². The average Bonchev–Trinajstić information content (AvgIpc) is 3.60. The van der Waals surface area contributed by atoms with Crippen LogP contribution in [0.5, 0.6) is 0 Å². The molecule has 2 saturated heterocycles. The van der Waals surface area contributed by atoms with Crippen LogP contribution in [0.2, 0.25) is 0 Å². The lowest BCUT2D eigenvalue weighted by Gasteiger charge is -2.33. The van der Waals surface area contributed by atoms with Crippen LogP contribution in [0.15, 0.2) is 0 Å². The summed E-state index contributed by atoms with van der Waals surface area (Å²) in [4.78, 5) is 50.2. The van der Waals surface area contributed by atoms with Gasteiger partial charge < -0.3 is 26.0 Å². The summed E-state index contributed by atoms with van der Waals surface area (Å²) in [6.07, 6.45) is 6.65. The topological polar surface area (TPSA) is 128 Å². The van der Waals surface area contributed by atoms with E-state index in [-0.39, 0.29) is 48.5 Å². The smallest absolute Gasteiger partial charge is 0.328 e. The van der Waals surface area contributed by atoms with Crippen molar-refractivity contribution in [2.24, 2.45) is 17.8 Å². The molecule has 1 aliphatic carbocycles. The quantitative estimate of drug-likeness (QED) is 0.399. The van der Waals surface area contributed by atoms with E-state index in [0.29, 0.717) is 31.8 Å². The van der Waals surface area contributed by atoms with Gasteiger partial charge in [-0.2, -0.15) is 0 Å². The van der Waals surface area contributed by atoms with Crippen LogP contribution in [0, 0.1) is 17.8 Å². The Hall–Kier alpha value is -1.87. The molecule has 3 amide bonds. The van der Waals surface area contributed by atoms with Crippen molar-refractivity contribution >= 4 is 36.1 Å². The molecule has 9 nitrogen and oxygen atoms in total. The first-order valence-corrected chi connectivity index (χ1v) is 11.2. The molecule has 0 aromatic carbocycles. The molecular weight excluding hydrogens is 424 g/mol. The minimum absolute atomic E-state index is 0. The molecule has 176 valence electrons. The molecule has 0 unspecified atom stereocenters. The Bertz CT molecular complexity index is 652. The molecule has 2 atom stereocenters. The maximum atomic E-state index is 12.6. The molecule has 3 aliphatic rings. The van der Waals surface area contributed by atoms with E-state index >= 15 is 0 Å². The number of carboxylic acids is 1. The number of piperidine rings is 2. The average molecular weight is 459 g/mol. The Labute approximate surface area is 189 Å². The van der Waals surface area contributed by atoms with Crippen molar-refractivity contribution < 1.29 is 24.3 Å². The van der Waals surface area contributed by atoms with Gasteiger partial charge in [0.1, 0.15) is 6.04 Å². The molecular formula is C21H35ClN4O5. The number of hydrogen-bond acceptors (Lipinski definition) is 5. The van der Waals surface area contributed by atoms with Crippen molar-refractivity contribution in [2.75, 3.05) is 32.7 Å². The Morgan fingerprint density at radius 3 is 2.35 bits per heavy atom. The number of carbonyl (C=O) groups excluding carboxylic acids is 3. The first-order chi connectivity index (χ1) is 14.4. The van der Waals surface area contributed by atoms with Gasteiger partial charge in [0, 0.05) is 32.0 Å². The fourth-order valence-corrected chi connectivity index (χ4v) is 4.26. The number of rotatable bonds is 9. The van der Waals surface area contributed by atoms with Crippen molar-refractivity contribution in [3.8, 4) is 0 Å². The zero-order valence-corrected chi connectivity index (χ0v) is 18.8. The van der Waals surface area contributed by atoms with E-state index in [1.54, 1.807) is 4.90 Å². The fraction of sp³-hybridized carbons (Fsp3) is 0.810. The highest BCUT2D eigenvalue weighted by atomic mass is 35.5. The Kier molecular flexibility index (Phi) is 10.0. The van der Waals surface area contributed by atoms with Gasteiger partial charge in [-0.25, -0.2) is 4.79 Å². The zero-order chi connectivity index (χ0) is 21.5. The summed E-state index contributed by atoms with van der Waals surface area (Å²) in [5, 5.41) is 17.8. The zero-order valence-electron chi connectivity index (χ0n) is 17.9. The lowest BCUT2D eigenvalue weighted by Crippen LogP contribution is -2.51. The van der Waals surface area contributed by atoms with Crippen molar-refractivity contribution in [3.63, 3.8) is 0 Å². The molecule has 4 N–H and O–H groups in total. The Morgan fingerprint density at radius 1 is 1.00 bits per heavy atom. The molecule has 2 heterocycles. The van der Waals surface area contributed by atoms with Crippen LogP contribution in [0.25, 0.3) is 0 Å². The van der Waals surface area contributed by atoms with Crippen LogP contribution in [-0.2, 0) is 19.2 Å². The molecule has 3 rings (SSSR count). The van der Waals surface area contributed by atoms with Gasteiger partial charge in [-0.15, -0.1) is 12.4 Å². The van der Waals surface area contributed by atoms with E-state index in [0.717, 1.165) is 51.6 Å². The normalized spacial score (nSPS) is 22.7. The second kappa shape index (κ2) is 12.2. The number of hydrogen-bond donors (Lipinski definition) is 4. The third-order valence-corrected chi connectivity index (χ3v) is 6.41. The molecule has 1 saturated carbocycles. The SMILES string of the molecule is Cl.O=C(N[C@@H](CNC(=O)[C@@H]1CCCN(C(=O)CCC2CCNCC2)C1)C(=O)O)C1CC1. The van der Waals surface area contributed by atoms with Gasteiger partial charge in [-0.3, -0.25) is 14.4 Å². The van der Waals surface area contributed by atoms with Crippen molar-refractivity contribution in [3.05, 3.63) is 0 Å². The first-order valence-electron chi connectivity index (χ1n) is 11.2. The van der Waals surface area contributed by atoms with E-state index in [4.69, 9.17) is 0 Å². The fourth-order valence-electron chi connectivity index (χ4n) is 4.26. The largest absolute Gasteiger partial charge is 0.480 e. The van der Waals surface area contributed by atoms with Gasteiger partial charge in [0.2, 0.25) is 17.7 Å². The van der Waals surface area contributed by atoms with Crippen molar-refractivity contribution in [1.29, 1.82) is 0 Å². The van der Waals surface area contributed by atoms with Crippen LogP contribution in [0.1, 0.15) is 51.4 Å². The van der Waals surface area contributed by atoms with Crippen LogP contribution in [0.4, 0.5) is 0 Å². The molecule has 0 radical (unpaired) electrons. The molecule has 0 bridgehead atoms. The molecule has 0 aromatic rings. The summed E-state index contributed by atoms with van der Waals surface area (Å²) in [6.45, 7) is 2.94. The lowest BCUT2D eigenvalue weighted by atomic mass is 9.92. The van der Waals surface area contributed by atoms with Crippen LogP contribution in [-0.4, -0.2) is 72.5 Å². The van der Waals surface area contributed by atoms with Gasteiger partial charge in [-0.05, 0) is 64.0 Å². The second-order valence-electron chi connectivity index (χ2n) is 8.83. The minimum atomic E-state index is -1.16. The van der Waals surface area contributed by atoms with Gasteiger partial charge in [0.25, 0.3) is 0 Å². The third kappa shape index (κ3) is 7.96. The number of nitrogens with zero attached hydrogens (tertiary/aromatic N) is 1. The number of carbonyl (C=O) groups is 4. The summed E-state index contributed by atoms with van der Waals surface area (Å²) in [5.74, 6) is -1.41. The third-order valence-electron chi connectivity index (χ3n) is 6.41. The standard InChI is InChI=1S/C21H34N4O5.ClH/c26-18(6-3-14-7-9-22-10-8-14)25-11-1-2-16(13-25)19(27)23-12-17(21(29)30)24-20(28)15-4-5-15;/h14-17,22H,1-13H2,(H,23,27)(H,24,28)(H,29,30);1H/t16-,17+;/m1./s1. The molecule has 3 fully saturated rings. The lowest BCUT2D eigenvalue weighted by molar-refractivity contribution is -0.142. The maximum Gasteiger partial charge on any atom is 0.328 e. The number of amides is 3. The number of halogens is 1. The molecule has 31 heavy (non-hydrogen) atoms. The summed E-state index contributed by atoms with van der Waals surface area (Å²) >= 11 is 0. The van der Waals surface area contributed by atoms with E-state index in [1.165, 1.54) is 0 Å². The maximum absolute atomic E-state index is 12.6. The van der Waals surface area contributed by atoms with Crippen molar-refractivity contribution in [1.82, 2.24) is 20.9 Å². The summed E-state index contributed by atoms with van der Waals surface area (Å²) in [6, 6.07) is -1.13. The Morgan fingerprint density at radius 2 is 1.71 bits per heavy atom. The van der Waals surface area contributed by atoms with Gasteiger partial charge >= 0.3 is 5.97 Å². The van der Waals surface area contributed by atoms with Gasteiger partial charge in [-0.1, -0.05) is 0 Å². The predicted molar refractivity (Wildman–Crippen MR) is 117 cm³/mol. The molecule has 0 spiro atoms.